The van der Waals surface area contributed by atoms with Gasteiger partial charge < -0.3 is 19.6 Å². The Labute approximate surface area is 208 Å². The van der Waals surface area contributed by atoms with Crippen LogP contribution in [0.1, 0.15) is 64.9 Å². The normalized spacial score (nSPS) is 31.1. The van der Waals surface area contributed by atoms with Crippen molar-refractivity contribution in [2.45, 2.75) is 83.6 Å². The summed E-state index contributed by atoms with van der Waals surface area (Å²) in [5.74, 6) is -1.24. The van der Waals surface area contributed by atoms with E-state index in [2.05, 4.69) is 13.8 Å². The van der Waals surface area contributed by atoms with Gasteiger partial charge in [0, 0.05) is 13.1 Å². The molecule has 5 unspecified atom stereocenters. The number of Topliss-reactive ketones (excluding diaryl/α,β-unsaturated/α-hetero) is 1. The van der Waals surface area contributed by atoms with E-state index >= 15 is 0 Å². The van der Waals surface area contributed by atoms with Crippen molar-refractivity contribution in [2.75, 3.05) is 19.7 Å². The van der Waals surface area contributed by atoms with Crippen LogP contribution in [0.3, 0.4) is 0 Å². The summed E-state index contributed by atoms with van der Waals surface area (Å²) >= 11 is 0. The number of aliphatic hydroxyl groups is 1. The highest BCUT2D eigenvalue weighted by Gasteiger charge is 2.54. The molecular weight excluding hydrogens is 444 g/mol. The molecule has 2 amide bonds. The third kappa shape index (κ3) is 5.31. The molecule has 1 N–H and O–H groups in total. The Bertz CT molecular complexity index is 919. The van der Waals surface area contributed by atoms with Crippen molar-refractivity contribution in [1.29, 1.82) is 0 Å². The van der Waals surface area contributed by atoms with Crippen molar-refractivity contribution in [3.05, 3.63) is 35.9 Å². The van der Waals surface area contributed by atoms with Gasteiger partial charge in [-0.3, -0.25) is 14.4 Å². The lowest BCUT2D eigenvalue weighted by Crippen LogP contribution is -2.68. The van der Waals surface area contributed by atoms with Gasteiger partial charge in [0.25, 0.3) is 11.7 Å². The second kappa shape index (κ2) is 10.8. The Balaban J connectivity index is 1.40. The monoisotopic (exact) mass is 484 g/mol. The van der Waals surface area contributed by atoms with Crippen molar-refractivity contribution in [3.8, 4) is 0 Å². The first-order valence-electron chi connectivity index (χ1n) is 13.2. The maximum atomic E-state index is 13.5. The molecule has 7 heteroatoms. The number of rotatable bonds is 8. The molecule has 192 valence electrons. The summed E-state index contributed by atoms with van der Waals surface area (Å²) in [4.78, 5) is 43.6. The average Bonchev–Trinajstić information content (AvgIpc) is 2.85. The predicted octanol–water partition coefficient (Wildman–Crippen LogP) is 3.19. The van der Waals surface area contributed by atoms with Crippen LogP contribution < -0.4 is 0 Å². The van der Waals surface area contributed by atoms with Crippen LogP contribution in [0.5, 0.6) is 0 Å². The number of carbonyl (C=O) groups excluding carboxylic acids is 3. The van der Waals surface area contributed by atoms with E-state index in [4.69, 9.17) is 4.74 Å². The van der Waals surface area contributed by atoms with E-state index in [9.17, 15) is 19.5 Å². The lowest BCUT2D eigenvalue weighted by atomic mass is 9.66. The van der Waals surface area contributed by atoms with Crippen molar-refractivity contribution >= 4 is 17.6 Å². The molecule has 2 heterocycles. The van der Waals surface area contributed by atoms with E-state index in [1.54, 1.807) is 4.90 Å². The van der Waals surface area contributed by atoms with Crippen LogP contribution in [0.25, 0.3) is 0 Å². The van der Waals surface area contributed by atoms with Crippen LogP contribution in [0.4, 0.5) is 0 Å². The van der Waals surface area contributed by atoms with Gasteiger partial charge >= 0.3 is 0 Å². The summed E-state index contributed by atoms with van der Waals surface area (Å²) in [5.41, 5.74) is -0.566. The van der Waals surface area contributed by atoms with Gasteiger partial charge in [-0.05, 0) is 61.8 Å². The lowest BCUT2D eigenvalue weighted by Gasteiger charge is -2.50. The van der Waals surface area contributed by atoms with Gasteiger partial charge in [-0.2, -0.15) is 0 Å². The fourth-order valence-corrected chi connectivity index (χ4v) is 6.10. The first-order valence-corrected chi connectivity index (χ1v) is 13.2. The minimum Gasteiger partial charge on any atom is -0.381 e. The first kappa shape index (κ1) is 25.8. The van der Waals surface area contributed by atoms with Crippen LogP contribution in [-0.4, -0.2) is 69.9 Å². The van der Waals surface area contributed by atoms with E-state index in [1.807, 2.05) is 37.3 Å². The molecule has 4 rings (SSSR count). The predicted molar refractivity (Wildman–Crippen MR) is 132 cm³/mol. The lowest BCUT2D eigenvalue weighted by molar-refractivity contribution is -0.172. The van der Waals surface area contributed by atoms with Crippen LogP contribution in [0.15, 0.2) is 30.3 Å². The Morgan fingerprint density at radius 1 is 1.14 bits per heavy atom. The molecule has 2 aliphatic heterocycles. The quantitative estimate of drug-likeness (QED) is 0.452. The molecule has 7 nitrogen and oxygen atoms in total. The molecule has 2 saturated heterocycles. The Morgan fingerprint density at radius 3 is 2.60 bits per heavy atom. The number of likely N-dealkylation sites (tertiary alicyclic amines) is 1. The molecule has 1 aromatic rings. The van der Waals surface area contributed by atoms with E-state index in [0.717, 1.165) is 31.2 Å². The second-order valence-corrected chi connectivity index (χ2v) is 11.1. The maximum Gasteiger partial charge on any atom is 0.294 e. The van der Waals surface area contributed by atoms with Crippen LogP contribution in [0.2, 0.25) is 0 Å². The topological polar surface area (TPSA) is 87.2 Å². The molecular formula is C28H40N2O5. The van der Waals surface area contributed by atoms with Gasteiger partial charge in [0.1, 0.15) is 11.6 Å². The van der Waals surface area contributed by atoms with E-state index in [0.29, 0.717) is 45.1 Å². The van der Waals surface area contributed by atoms with E-state index < -0.39 is 23.3 Å². The molecule has 35 heavy (non-hydrogen) atoms. The zero-order chi connectivity index (χ0) is 25.2. The molecule has 2 bridgehead atoms. The molecule has 1 saturated carbocycles. The third-order valence-corrected chi connectivity index (χ3v) is 8.51. The first-order chi connectivity index (χ1) is 16.7. The van der Waals surface area contributed by atoms with E-state index in [-0.39, 0.29) is 23.8 Å². The van der Waals surface area contributed by atoms with Gasteiger partial charge in [-0.25, -0.2) is 0 Å². The van der Waals surface area contributed by atoms with Gasteiger partial charge in [0.05, 0.1) is 19.3 Å². The number of amides is 2. The highest BCUT2D eigenvalue weighted by Crippen LogP contribution is 2.41. The Hall–Kier alpha value is -2.25. The number of piperidine rings is 1. The van der Waals surface area contributed by atoms with Gasteiger partial charge in [0.15, 0.2) is 0 Å². The van der Waals surface area contributed by atoms with Crippen molar-refractivity contribution in [3.63, 3.8) is 0 Å². The standard InChI is InChI=1S/C28H40N2O5/c1-19(2)22-13-12-20(3)28(34,16-22)25(31)27(33)30-23-10-7-11-24(30)26(32)29(17-23)14-15-35-18-21-8-5-4-6-9-21/h4-6,8-9,19-20,22-24,34H,7,10-18H2,1-3H3. The van der Waals surface area contributed by atoms with Crippen LogP contribution in [0, 0.1) is 17.8 Å². The summed E-state index contributed by atoms with van der Waals surface area (Å²) in [6.45, 7) is 7.83. The van der Waals surface area contributed by atoms with E-state index in [1.165, 1.54) is 4.90 Å². The number of hydrogen-bond acceptors (Lipinski definition) is 5. The summed E-state index contributed by atoms with van der Waals surface area (Å²) < 4.78 is 5.78. The van der Waals surface area contributed by atoms with Crippen molar-refractivity contribution < 1.29 is 24.2 Å². The molecule has 1 aromatic carbocycles. The van der Waals surface area contributed by atoms with Crippen LogP contribution >= 0.6 is 0 Å². The number of benzene rings is 1. The third-order valence-electron chi connectivity index (χ3n) is 8.51. The molecule has 5 atom stereocenters. The average molecular weight is 485 g/mol. The molecule has 3 aliphatic rings. The van der Waals surface area contributed by atoms with Gasteiger partial charge in [0.2, 0.25) is 5.91 Å². The largest absolute Gasteiger partial charge is 0.381 e. The summed E-state index contributed by atoms with van der Waals surface area (Å²) in [6, 6.07) is 9.07. The summed E-state index contributed by atoms with van der Waals surface area (Å²) in [6.07, 6.45) is 4.16. The molecule has 1 aliphatic carbocycles. The number of fused-ring (bicyclic) bond motifs is 2. The van der Waals surface area contributed by atoms with Gasteiger partial charge in [-0.15, -0.1) is 0 Å². The summed E-state index contributed by atoms with van der Waals surface area (Å²) in [7, 11) is 0. The molecule has 0 radical (unpaired) electrons. The number of nitrogens with zero attached hydrogens (tertiary/aromatic N) is 2. The number of hydrogen-bond donors (Lipinski definition) is 1. The smallest absolute Gasteiger partial charge is 0.294 e. The zero-order valence-corrected chi connectivity index (χ0v) is 21.3. The molecule has 0 aromatic heterocycles. The number of piperazine rings is 1. The Kier molecular flexibility index (Phi) is 7.96. The number of ketones is 1. The van der Waals surface area contributed by atoms with Gasteiger partial charge in [-0.1, -0.05) is 51.1 Å². The molecule has 0 spiro atoms. The highest BCUT2D eigenvalue weighted by atomic mass is 16.5. The maximum absolute atomic E-state index is 13.5. The minimum absolute atomic E-state index is 0.117. The van der Waals surface area contributed by atoms with Crippen LogP contribution in [-0.2, 0) is 25.7 Å². The SMILES string of the molecule is CC(C)C1CCC(C)C(O)(C(=O)C(=O)N2C3CCCC2C(=O)N(CCOCc2ccccc2)C3)C1. The second-order valence-electron chi connectivity index (χ2n) is 11.1. The van der Waals surface area contributed by atoms with Crippen molar-refractivity contribution in [2.24, 2.45) is 17.8 Å². The highest BCUT2D eigenvalue weighted by molar-refractivity contribution is 6.39. The number of ether oxygens (including phenoxy) is 1. The Morgan fingerprint density at radius 2 is 1.89 bits per heavy atom. The fourth-order valence-electron chi connectivity index (χ4n) is 6.10. The summed E-state index contributed by atoms with van der Waals surface area (Å²) in [5, 5.41) is 11.4. The fraction of sp³-hybridized carbons (Fsp3) is 0.679. The van der Waals surface area contributed by atoms with Crippen molar-refractivity contribution in [1.82, 2.24) is 9.80 Å². The minimum atomic E-state index is -1.65. The number of carbonyl (C=O) groups is 3. The zero-order valence-electron chi connectivity index (χ0n) is 21.3. The molecule has 3 fully saturated rings.